The number of hydroxylamine groups is 1. The monoisotopic (exact) mass is 476 g/mol. The number of nitrogens with zero attached hydrogens (tertiary/aromatic N) is 2. The minimum Gasteiger partial charge on any atom is -0.477 e. The van der Waals surface area contributed by atoms with E-state index in [1.807, 2.05) is 0 Å². The smallest absolute Gasteiger partial charge is 0.343 e. The third-order valence-electron chi connectivity index (χ3n) is 4.56. The van der Waals surface area contributed by atoms with E-state index in [9.17, 15) is 44.8 Å². The van der Waals surface area contributed by atoms with Gasteiger partial charge >= 0.3 is 11.9 Å². The Kier molecular flexibility index (Phi) is 9.10. The topological polar surface area (TPSA) is 211 Å². The van der Waals surface area contributed by atoms with E-state index >= 15 is 0 Å². The summed E-state index contributed by atoms with van der Waals surface area (Å²) in [7, 11) is 0. The first-order chi connectivity index (χ1) is 16.1. The number of nitro groups is 2. The second-order valence-corrected chi connectivity index (χ2v) is 6.78. The van der Waals surface area contributed by atoms with Crippen LogP contribution in [0.25, 0.3) is 0 Å². The van der Waals surface area contributed by atoms with E-state index in [4.69, 9.17) is 4.84 Å². The Morgan fingerprint density at radius 1 is 0.853 bits per heavy atom. The van der Waals surface area contributed by atoms with Gasteiger partial charge in [0, 0.05) is 30.8 Å². The Morgan fingerprint density at radius 2 is 1.41 bits per heavy atom. The van der Waals surface area contributed by atoms with Gasteiger partial charge in [-0.15, -0.1) is 0 Å². The number of amides is 1. The van der Waals surface area contributed by atoms with Gasteiger partial charge in [-0.05, 0) is 18.9 Å². The summed E-state index contributed by atoms with van der Waals surface area (Å²) in [6.45, 7) is 0.214. The molecule has 14 nitrogen and oxygen atoms in total. The Hall–Kier alpha value is -4.43. The molecule has 0 saturated heterocycles. The Morgan fingerprint density at radius 3 is 2.00 bits per heavy atom. The lowest BCUT2D eigenvalue weighted by atomic mass is 10.0. The maximum absolute atomic E-state index is 12.3. The summed E-state index contributed by atoms with van der Waals surface area (Å²) in [6, 6.07) is 7.23. The number of nitrogens with one attached hydrogen (secondary N) is 2. The number of hydrogen-bond donors (Lipinski definition) is 4. The van der Waals surface area contributed by atoms with Crippen LogP contribution in [0.3, 0.4) is 0 Å². The lowest BCUT2D eigenvalue weighted by Crippen LogP contribution is -2.27. The van der Waals surface area contributed by atoms with Gasteiger partial charge in [0.1, 0.15) is 11.1 Å². The van der Waals surface area contributed by atoms with Crippen molar-refractivity contribution in [1.29, 1.82) is 0 Å². The highest BCUT2D eigenvalue weighted by atomic mass is 16.6. The molecule has 180 valence electrons. The van der Waals surface area contributed by atoms with E-state index in [1.165, 1.54) is 24.3 Å². The molecule has 2 aromatic rings. The summed E-state index contributed by atoms with van der Waals surface area (Å²) in [5.74, 6) is -3.80. The van der Waals surface area contributed by atoms with Crippen molar-refractivity contribution in [2.45, 2.75) is 19.4 Å². The highest BCUT2D eigenvalue weighted by Crippen LogP contribution is 2.23. The van der Waals surface area contributed by atoms with E-state index in [2.05, 4.69) is 10.8 Å². The molecule has 0 spiro atoms. The average Bonchev–Trinajstić information content (AvgIpc) is 2.79. The maximum Gasteiger partial charge on any atom is 0.343 e. The fourth-order valence-electron chi connectivity index (χ4n) is 3.03. The number of hydrogen-bond acceptors (Lipinski definition) is 9. The summed E-state index contributed by atoms with van der Waals surface area (Å²) in [5, 5.41) is 43.0. The van der Waals surface area contributed by atoms with Crippen LogP contribution in [0.1, 0.15) is 49.5 Å². The molecule has 0 aliphatic heterocycles. The average molecular weight is 476 g/mol. The first-order valence-electron chi connectivity index (χ1n) is 9.78. The lowest BCUT2D eigenvalue weighted by molar-refractivity contribution is -0.385. The number of nitro benzene ring substituents is 2. The van der Waals surface area contributed by atoms with Crippen molar-refractivity contribution >= 4 is 29.2 Å². The molecule has 0 aromatic heterocycles. The number of aromatic carboxylic acids is 2. The van der Waals surface area contributed by atoms with Crippen LogP contribution < -0.4 is 10.8 Å². The van der Waals surface area contributed by atoms with Gasteiger partial charge in [-0.2, -0.15) is 0 Å². The number of carboxylic acids is 2. The van der Waals surface area contributed by atoms with Crippen molar-refractivity contribution in [3.05, 3.63) is 78.9 Å². The van der Waals surface area contributed by atoms with Gasteiger partial charge in [-0.25, -0.2) is 15.1 Å². The Bertz CT molecular complexity index is 1120. The summed E-state index contributed by atoms with van der Waals surface area (Å²) in [4.78, 5) is 60.5. The molecule has 0 atom stereocenters. The SMILES string of the molecule is O=C(NCCCCNOCc1cccc([N+](=O)[O-])c1C(=O)O)c1cccc([N+](=O)[O-])c1C(=O)O. The number of unbranched alkanes of at least 4 members (excludes halogenated alkanes) is 1. The Balaban J connectivity index is 1.79. The first kappa shape index (κ1) is 25.8. The molecule has 0 unspecified atom stereocenters. The second kappa shape index (κ2) is 12.0. The van der Waals surface area contributed by atoms with E-state index in [0.29, 0.717) is 19.4 Å². The highest BCUT2D eigenvalue weighted by molar-refractivity contribution is 6.07. The zero-order valence-corrected chi connectivity index (χ0v) is 17.6. The van der Waals surface area contributed by atoms with Crippen molar-refractivity contribution in [3.8, 4) is 0 Å². The number of rotatable bonds is 13. The van der Waals surface area contributed by atoms with Gasteiger partial charge in [0.15, 0.2) is 0 Å². The summed E-state index contributed by atoms with van der Waals surface area (Å²) < 4.78 is 0. The lowest BCUT2D eigenvalue weighted by Gasteiger charge is -2.10. The van der Waals surface area contributed by atoms with Crippen LogP contribution in [0.15, 0.2) is 36.4 Å². The molecular weight excluding hydrogens is 456 g/mol. The largest absolute Gasteiger partial charge is 0.477 e. The molecule has 0 bridgehead atoms. The standard InChI is InChI=1S/C20H20N4O10/c25-18(13-6-4-8-15(24(32)33)17(13)20(28)29)21-9-1-2-10-22-34-11-12-5-3-7-14(23(30)31)16(12)19(26)27/h3-8,22H,1-2,9-11H2,(H,21,25)(H,26,27)(H,28,29). The van der Waals surface area contributed by atoms with Gasteiger partial charge in [0.25, 0.3) is 17.3 Å². The fraction of sp³-hybridized carbons (Fsp3) is 0.250. The fourth-order valence-corrected chi connectivity index (χ4v) is 3.03. The van der Waals surface area contributed by atoms with Crippen LogP contribution in [0.5, 0.6) is 0 Å². The molecule has 0 aliphatic rings. The van der Waals surface area contributed by atoms with Gasteiger partial charge in [0.2, 0.25) is 0 Å². The maximum atomic E-state index is 12.3. The van der Waals surface area contributed by atoms with Crippen LogP contribution in [-0.4, -0.2) is 51.0 Å². The Labute approximate surface area is 191 Å². The second-order valence-electron chi connectivity index (χ2n) is 6.78. The van der Waals surface area contributed by atoms with Crippen LogP contribution >= 0.6 is 0 Å². The third kappa shape index (κ3) is 6.54. The van der Waals surface area contributed by atoms with Gasteiger partial charge < -0.3 is 15.5 Å². The molecule has 34 heavy (non-hydrogen) atoms. The molecular formula is C20H20N4O10. The van der Waals surface area contributed by atoms with Gasteiger partial charge in [-0.3, -0.25) is 29.9 Å². The van der Waals surface area contributed by atoms with Crippen LogP contribution in [0.2, 0.25) is 0 Å². The van der Waals surface area contributed by atoms with E-state index in [-0.39, 0.29) is 24.3 Å². The van der Waals surface area contributed by atoms with Crippen molar-refractivity contribution in [2.75, 3.05) is 13.1 Å². The van der Waals surface area contributed by atoms with Crippen molar-refractivity contribution in [2.24, 2.45) is 0 Å². The molecule has 2 aromatic carbocycles. The normalized spacial score (nSPS) is 10.5. The number of carbonyl (C=O) groups excluding carboxylic acids is 1. The van der Waals surface area contributed by atoms with E-state index in [1.54, 1.807) is 0 Å². The zero-order valence-electron chi connectivity index (χ0n) is 17.6. The van der Waals surface area contributed by atoms with Crippen molar-refractivity contribution in [1.82, 2.24) is 10.8 Å². The highest BCUT2D eigenvalue weighted by Gasteiger charge is 2.27. The predicted octanol–water partition coefficient (Wildman–Crippen LogP) is 2.13. The third-order valence-corrected chi connectivity index (χ3v) is 4.56. The summed E-state index contributed by atoms with van der Waals surface area (Å²) in [6.07, 6.45) is 0.929. The predicted molar refractivity (Wildman–Crippen MR) is 114 cm³/mol. The van der Waals surface area contributed by atoms with Crippen LogP contribution in [0, 0.1) is 20.2 Å². The van der Waals surface area contributed by atoms with Crippen LogP contribution in [0.4, 0.5) is 11.4 Å². The molecule has 1 amide bonds. The van der Waals surface area contributed by atoms with Crippen molar-refractivity contribution in [3.63, 3.8) is 0 Å². The number of carbonyl (C=O) groups is 3. The minimum atomic E-state index is -1.59. The van der Waals surface area contributed by atoms with Crippen LogP contribution in [-0.2, 0) is 11.4 Å². The number of carboxylic acid groups (broad SMARTS) is 2. The zero-order chi connectivity index (χ0) is 25.3. The molecule has 0 radical (unpaired) electrons. The van der Waals surface area contributed by atoms with E-state index < -0.39 is 50.2 Å². The molecule has 2 rings (SSSR count). The molecule has 0 aliphatic carbocycles. The summed E-state index contributed by atoms with van der Waals surface area (Å²) in [5.41, 5.74) is -0.000588. The van der Waals surface area contributed by atoms with Crippen molar-refractivity contribution < 1.29 is 39.3 Å². The summed E-state index contributed by atoms with van der Waals surface area (Å²) >= 11 is 0. The molecule has 0 saturated carbocycles. The number of benzene rings is 2. The first-order valence-corrected chi connectivity index (χ1v) is 9.78. The molecule has 4 N–H and O–H groups in total. The molecule has 0 fully saturated rings. The quantitative estimate of drug-likeness (QED) is 0.187. The molecule has 0 heterocycles. The van der Waals surface area contributed by atoms with Gasteiger partial charge in [0.05, 0.1) is 22.0 Å². The van der Waals surface area contributed by atoms with Gasteiger partial charge in [-0.1, -0.05) is 18.2 Å². The minimum absolute atomic E-state index is 0.118. The molecule has 14 heteroatoms. The van der Waals surface area contributed by atoms with E-state index in [0.717, 1.165) is 12.1 Å².